The summed E-state index contributed by atoms with van der Waals surface area (Å²) < 4.78 is 39.6. The summed E-state index contributed by atoms with van der Waals surface area (Å²) in [4.78, 5) is 13.9. The molecule has 1 aliphatic rings. The summed E-state index contributed by atoms with van der Waals surface area (Å²) in [5, 5.41) is 0. The lowest BCUT2D eigenvalue weighted by molar-refractivity contribution is -0.138. The Morgan fingerprint density at radius 3 is 2.67 bits per heavy atom. The molecule has 2 rings (SSSR count). The number of amides is 1. The summed E-state index contributed by atoms with van der Waals surface area (Å²) in [6.07, 6.45) is -3.84. The molecule has 0 aliphatic carbocycles. The second kappa shape index (κ2) is 5.96. The van der Waals surface area contributed by atoms with Crippen LogP contribution >= 0.6 is 15.9 Å². The van der Waals surface area contributed by atoms with Gasteiger partial charge in [-0.15, -0.1) is 0 Å². The van der Waals surface area contributed by atoms with Crippen LogP contribution in [-0.4, -0.2) is 29.9 Å². The molecule has 2 unspecified atom stereocenters. The number of alkyl halides is 3. The van der Waals surface area contributed by atoms with Crippen LogP contribution in [0.5, 0.6) is 0 Å². The van der Waals surface area contributed by atoms with Gasteiger partial charge in [-0.25, -0.2) is 0 Å². The molecule has 116 valence electrons. The fourth-order valence-electron chi connectivity index (χ4n) is 2.69. The largest absolute Gasteiger partial charge is 0.417 e. The Kier molecular flexibility index (Phi) is 4.63. The molecule has 2 N–H and O–H groups in total. The maximum Gasteiger partial charge on any atom is 0.417 e. The van der Waals surface area contributed by atoms with E-state index in [4.69, 9.17) is 5.73 Å². The maximum absolute atomic E-state index is 13.1. The van der Waals surface area contributed by atoms with Gasteiger partial charge in [-0.2, -0.15) is 13.2 Å². The van der Waals surface area contributed by atoms with E-state index in [0.29, 0.717) is 17.6 Å². The first kappa shape index (κ1) is 16.3. The molecule has 7 heteroatoms. The Morgan fingerprint density at radius 1 is 1.48 bits per heavy atom. The van der Waals surface area contributed by atoms with Crippen molar-refractivity contribution < 1.29 is 18.0 Å². The first-order valence-electron chi connectivity index (χ1n) is 6.61. The minimum absolute atomic E-state index is 0.101. The fourth-order valence-corrected chi connectivity index (χ4v) is 3.05. The molecule has 1 saturated heterocycles. The molecule has 2 atom stereocenters. The predicted octanol–water partition coefficient (Wildman–Crippen LogP) is 3.28. The van der Waals surface area contributed by atoms with Crippen molar-refractivity contribution in [2.24, 2.45) is 11.7 Å². The number of rotatable bonds is 2. The van der Waals surface area contributed by atoms with Gasteiger partial charge >= 0.3 is 6.18 Å². The van der Waals surface area contributed by atoms with Gasteiger partial charge in [0.05, 0.1) is 11.1 Å². The highest BCUT2D eigenvalue weighted by Gasteiger charge is 2.39. The SMILES string of the molecule is CC1CC(CN)CN1C(=O)c1ccc(Br)cc1C(F)(F)F. The lowest BCUT2D eigenvalue weighted by atomic mass is 10.1. The molecule has 0 aromatic heterocycles. The van der Waals surface area contributed by atoms with Gasteiger partial charge in [-0.1, -0.05) is 15.9 Å². The molecule has 21 heavy (non-hydrogen) atoms. The standard InChI is InChI=1S/C14H16BrF3N2O/c1-8-4-9(6-19)7-20(8)13(21)11-3-2-10(15)5-12(11)14(16,17)18/h2-3,5,8-9H,4,6-7,19H2,1H3. The van der Waals surface area contributed by atoms with Gasteiger partial charge in [-0.3, -0.25) is 4.79 Å². The van der Waals surface area contributed by atoms with Crippen molar-refractivity contribution in [3.05, 3.63) is 33.8 Å². The first-order chi connectivity index (χ1) is 9.74. The van der Waals surface area contributed by atoms with Gasteiger partial charge in [0.1, 0.15) is 0 Å². The monoisotopic (exact) mass is 364 g/mol. The number of benzene rings is 1. The van der Waals surface area contributed by atoms with Crippen molar-refractivity contribution in [2.45, 2.75) is 25.6 Å². The number of likely N-dealkylation sites (tertiary alicyclic amines) is 1. The van der Waals surface area contributed by atoms with E-state index in [2.05, 4.69) is 15.9 Å². The van der Waals surface area contributed by atoms with Crippen LogP contribution < -0.4 is 5.73 Å². The van der Waals surface area contributed by atoms with E-state index < -0.39 is 17.6 Å². The Bertz CT molecular complexity index is 548. The molecule has 1 aromatic carbocycles. The molecule has 1 fully saturated rings. The molecule has 1 heterocycles. The summed E-state index contributed by atoms with van der Waals surface area (Å²) >= 11 is 3.01. The molecule has 1 amide bonds. The van der Waals surface area contributed by atoms with Gasteiger partial charge in [-0.05, 0) is 44.0 Å². The van der Waals surface area contributed by atoms with Crippen LogP contribution in [0.25, 0.3) is 0 Å². The second-order valence-electron chi connectivity index (χ2n) is 5.33. The van der Waals surface area contributed by atoms with Crippen LogP contribution in [0.2, 0.25) is 0 Å². The van der Waals surface area contributed by atoms with Crippen LogP contribution in [0, 0.1) is 5.92 Å². The molecule has 1 aromatic rings. The van der Waals surface area contributed by atoms with E-state index in [1.54, 1.807) is 0 Å². The minimum atomic E-state index is -4.56. The second-order valence-corrected chi connectivity index (χ2v) is 6.25. The summed E-state index contributed by atoms with van der Waals surface area (Å²) in [6, 6.07) is 3.51. The maximum atomic E-state index is 13.1. The van der Waals surface area contributed by atoms with E-state index >= 15 is 0 Å². The lowest BCUT2D eigenvalue weighted by Gasteiger charge is -2.23. The number of hydrogen-bond acceptors (Lipinski definition) is 2. The van der Waals surface area contributed by atoms with Crippen LogP contribution in [0.4, 0.5) is 13.2 Å². The number of carbonyl (C=O) groups excluding carboxylic acids is 1. The Hall–Kier alpha value is -1.08. The van der Waals surface area contributed by atoms with Crippen LogP contribution in [0.15, 0.2) is 22.7 Å². The van der Waals surface area contributed by atoms with Crippen molar-refractivity contribution in [3.8, 4) is 0 Å². The Balaban J connectivity index is 2.36. The molecular formula is C14H16BrF3N2O. The Labute approximate surface area is 129 Å². The third kappa shape index (κ3) is 3.40. The van der Waals surface area contributed by atoms with Crippen molar-refractivity contribution in [1.82, 2.24) is 4.90 Å². The predicted molar refractivity (Wildman–Crippen MR) is 76.8 cm³/mol. The van der Waals surface area contributed by atoms with Crippen molar-refractivity contribution >= 4 is 21.8 Å². The molecule has 3 nitrogen and oxygen atoms in total. The highest BCUT2D eigenvalue weighted by molar-refractivity contribution is 9.10. The van der Waals surface area contributed by atoms with E-state index in [0.717, 1.165) is 12.5 Å². The van der Waals surface area contributed by atoms with Crippen molar-refractivity contribution in [3.63, 3.8) is 0 Å². The highest BCUT2D eigenvalue weighted by Crippen LogP contribution is 2.35. The van der Waals surface area contributed by atoms with Crippen molar-refractivity contribution in [2.75, 3.05) is 13.1 Å². The van der Waals surface area contributed by atoms with Gasteiger partial charge in [0.25, 0.3) is 5.91 Å². The molecule has 0 saturated carbocycles. The summed E-state index contributed by atoms with van der Waals surface area (Å²) in [6.45, 7) is 2.67. The topological polar surface area (TPSA) is 46.3 Å². The summed E-state index contributed by atoms with van der Waals surface area (Å²) in [5.74, 6) is -0.438. The number of nitrogens with zero attached hydrogens (tertiary/aromatic N) is 1. The van der Waals surface area contributed by atoms with E-state index in [1.165, 1.54) is 17.0 Å². The van der Waals surface area contributed by atoms with Crippen LogP contribution in [-0.2, 0) is 6.18 Å². The van der Waals surface area contributed by atoms with E-state index in [-0.39, 0.29) is 17.5 Å². The van der Waals surface area contributed by atoms with Crippen LogP contribution in [0.1, 0.15) is 29.3 Å². The third-order valence-electron chi connectivity index (χ3n) is 3.77. The fraction of sp³-hybridized carbons (Fsp3) is 0.500. The lowest BCUT2D eigenvalue weighted by Crippen LogP contribution is -2.35. The van der Waals surface area contributed by atoms with Gasteiger partial charge in [0.2, 0.25) is 0 Å². The first-order valence-corrected chi connectivity index (χ1v) is 7.41. The van der Waals surface area contributed by atoms with Gasteiger partial charge in [0, 0.05) is 17.1 Å². The molecule has 0 radical (unpaired) electrons. The number of carbonyl (C=O) groups is 1. The van der Waals surface area contributed by atoms with Crippen LogP contribution in [0.3, 0.4) is 0 Å². The normalized spacial score (nSPS) is 22.7. The molecule has 1 aliphatic heterocycles. The molecular weight excluding hydrogens is 349 g/mol. The zero-order valence-electron chi connectivity index (χ0n) is 11.5. The average molecular weight is 365 g/mol. The molecule has 0 spiro atoms. The Morgan fingerprint density at radius 2 is 2.14 bits per heavy atom. The van der Waals surface area contributed by atoms with E-state index in [9.17, 15) is 18.0 Å². The summed E-state index contributed by atoms with van der Waals surface area (Å²) in [5.41, 5.74) is 4.37. The zero-order chi connectivity index (χ0) is 15.8. The quantitative estimate of drug-likeness (QED) is 0.875. The summed E-state index contributed by atoms with van der Waals surface area (Å²) in [7, 11) is 0. The average Bonchev–Trinajstić information content (AvgIpc) is 2.78. The highest BCUT2D eigenvalue weighted by atomic mass is 79.9. The minimum Gasteiger partial charge on any atom is -0.336 e. The van der Waals surface area contributed by atoms with Gasteiger partial charge < -0.3 is 10.6 Å². The van der Waals surface area contributed by atoms with Gasteiger partial charge in [0.15, 0.2) is 0 Å². The number of nitrogens with two attached hydrogens (primary N) is 1. The van der Waals surface area contributed by atoms with Crippen molar-refractivity contribution in [1.29, 1.82) is 0 Å². The smallest absolute Gasteiger partial charge is 0.336 e. The third-order valence-corrected chi connectivity index (χ3v) is 4.27. The number of hydrogen-bond donors (Lipinski definition) is 1. The van der Waals surface area contributed by atoms with E-state index in [1.807, 2.05) is 6.92 Å². The molecule has 0 bridgehead atoms. The zero-order valence-corrected chi connectivity index (χ0v) is 13.0. The number of halogens is 4.